The minimum absolute atomic E-state index is 0.0244. The molecule has 2 saturated carbocycles. The van der Waals surface area contributed by atoms with E-state index in [1.54, 1.807) is 13.8 Å². The van der Waals surface area contributed by atoms with E-state index >= 15 is 0 Å². The van der Waals surface area contributed by atoms with Crippen LogP contribution in [0.1, 0.15) is 112 Å². The smallest absolute Gasteiger partial charge is 0.329 e. The van der Waals surface area contributed by atoms with Crippen LogP contribution in [0, 0.1) is 35.5 Å². The number of aliphatic hydroxyl groups excluding tert-OH is 2. The van der Waals surface area contributed by atoms with Crippen LogP contribution < -0.4 is 5.73 Å². The van der Waals surface area contributed by atoms with Crippen molar-refractivity contribution in [3.8, 4) is 0 Å². The van der Waals surface area contributed by atoms with Gasteiger partial charge in [-0.15, -0.1) is 0 Å². The molecule has 56 heavy (non-hydrogen) atoms. The van der Waals surface area contributed by atoms with Crippen molar-refractivity contribution in [1.29, 1.82) is 0 Å². The number of esters is 1. The van der Waals surface area contributed by atoms with Gasteiger partial charge in [-0.1, -0.05) is 39.8 Å². The van der Waals surface area contributed by atoms with E-state index in [4.69, 9.17) is 24.7 Å². The van der Waals surface area contributed by atoms with E-state index in [-0.39, 0.29) is 61.4 Å². The largest absolute Gasteiger partial charge is 0.455 e. The lowest BCUT2D eigenvalue weighted by atomic mass is 9.81. The zero-order chi connectivity index (χ0) is 41.1. The van der Waals surface area contributed by atoms with E-state index in [1.807, 2.05) is 26.0 Å². The molecule has 0 radical (unpaired) electrons. The molecule has 1 amide bonds. The molecular formula is C43H68N2O11. The predicted molar refractivity (Wildman–Crippen MR) is 208 cm³/mol. The summed E-state index contributed by atoms with van der Waals surface area (Å²) in [5, 5.41) is 34.1. The number of rotatable bonds is 5. The molecule has 0 spiro atoms. The molecule has 0 aromatic heterocycles. The molecule has 3 aliphatic heterocycles. The highest BCUT2D eigenvalue weighted by atomic mass is 16.7. The van der Waals surface area contributed by atoms with Crippen molar-refractivity contribution in [2.24, 2.45) is 41.2 Å². The molecule has 13 heteroatoms. The minimum Gasteiger partial charge on any atom is -0.455 e. The first kappa shape index (κ1) is 44.6. The normalized spacial score (nSPS) is 43.7. The van der Waals surface area contributed by atoms with Crippen LogP contribution in [0.15, 0.2) is 23.3 Å². The maximum atomic E-state index is 14.3. The second-order valence-electron chi connectivity index (χ2n) is 17.7. The quantitative estimate of drug-likeness (QED) is 0.179. The van der Waals surface area contributed by atoms with E-state index in [0.29, 0.717) is 49.2 Å². The second-order valence-corrected chi connectivity index (χ2v) is 17.7. The number of hydrogen-bond acceptors (Lipinski definition) is 12. The van der Waals surface area contributed by atoms with Crippen molar-refractivity contribution in [1.82, 2.24) is 4.90 Å². The van der Waals surface area contributed by atoms with Gasteiger partial charge in [0, 0.05) is 33.1 Å². The molecule has 5 rings (SSSR count). The molecule has 2 saturated heterocycles. The summed E-state index contributed by atoms with van der Waals surface area (Å²) < 4.78 is 24.1. The minimum atomic E-state index is -2.50. The first-order valence-electron chi connectivity index (χ1n) is 21.1. The summed E-state index contributed by atoms with van der Waals surface area (Å²) in [6.45, 7) is 9.49. The van der Waals surface area contributed by atoms with Gasteiger partial charge in [-0.05, 0) is 118 Å². The van der Waals surface area contributed by atoms with Gasteiger partial charge in [0.25, 0.3) is 11.7 Å². The van der Waals surface area contributed by atoms with Gasteiger partial charge in [0.2, 0.25) is 5.79 Å². The van der Waals surface area contributed by atoms with Gasteiger partial charge in [0.15, 0.2) is 5.78 Å². The molecule has 2 aliphatic carbocycles. The molecule has 3 heterocycles. The molecular weight excluding hydrogens is 720 g/mol. The maximum Gasteiger partial charge on any atom is 0.329 e. The molecule has 15 unspecified atom stereocenters. The first-order chi connectivity index (χ1) is 26.5. The zero-order valence-corrected chi connectivity index (χ0v) is 34.6. The van der Waals surface area contributed by atoms with Gasteiger partial charge in [0.1, 0.15) is 18.2 Å². The summed E-state index contributed by atoms with van der Waals surface area (Å²) in [7, 11) is 3.06. The molecule has 316 valence electrons. The van der Waals surface area contributed by atoms with Crippen LogP contribution in [-0.4, -0.2) is 119 Å². The lowest BCUT2D eigenvalue weighted by Crippen LogP contribution is -2.64. The Bertz CT molecular complexity index is 1480. The topological polar surface area (TPSA) is 195 Å². The number of ether oxygens (including phenoxy) is 4. The van der Waals surface area contributed by atoms with Gasteiger partial charge in [-0.25, -0.2) is 4.79 Å². The monoisotopic (exact) mass is 788 g/mol. The third kappa shape index (κ3) is 9.67. The lowest BCUT2D eigenvalue weighted by molar-refractivity contribution is -0.302. The Balaban J connectivity index is 1.53. The van der Waals surface area contributed by atoms with E-state index in [2.05, 4.69) is 6.92 Å². The van der Waals surface area contributed by atoms with Gasteiger partial charge < -0.3 is 44.9 Å². The van der Waals surface area contributed by atoms with Crippen LogP contribution in [0.3, 0.4) is 0 Å². The number of nitrogens with zero attached hydrogens (tertiary/aromatic N) is 1. The molecule has 5 N–H and O–H groups in total. The fraction of sp³-hybridized carbons (Fsp3) is 0.814. The average molecular weight is 789 g/mol. The Morgan fingerprint density at radius 2 is 1.64 bits per heavy atom. The summed E-state index contributed by atoms with van der Waals surface area (Å²) >= 11 is 0. The third-order valence-corrected chi connectivity index (χ3v) is 13.6. The molecule has 0 aromatic rings. The van der Waals surface area contributed by atoms with Crippen LogP contribution in [0.25, 0.3) is 0 Å². The summed E-state index contributed by atoms with van der Waals surface area (Å²) in [6, 6.07) is -2.34. The third-order valence-electron chi connectivity index (χ3n) is 13.6. The number of ketones is 2. The Morgan fingerprint density at radius 3 is 2.30 bits per heavy atom. The summed E-state index contributed by atoms with van der Waals surface area (Å²) in [5.74, 6) is -5.88. The maximum absolute atomic E-state index is 14.3. The highest BCUT2D eigenvalue weighted by Gasteiger charge is 2.56. The summed E-state index contributed by atoms with van der Waals surface area (Å²) in [5.41, 5.74) is 7.95. The van der Waals surface area contributed by atoms with Crippen LogP contribution in [0.2, 0.25) is 0 Å². The van der Waals surface area contributed by atoms with E-state index < -0.39 is 72.0 Å². The SMILES string of the molecule is CC/C1=C\C(C)CC(C)CC(OC)C2OC(O)(C(=O)C(=O)N3CCCCC3C(=O)OC(C(C)=CC3CC4CC3CCC4O)C(N)C(O)CC1=O)C(C)CC2OC. The Hall–Kier alpha value is -2.52. The van der Waals surface area contributed by atoms with Crippen LogP contribution >= 0.6 is 0 Å². The molecule has 0 aromatic carbocycles. The van der Waals surface area contributed by atoms with Crippen molar-refractivity contribution in [2.75, 3.05) is 20.8 Å². The van der Waals surface area contributed by atoms with Gasteiger partial charge in [-0.2, -0.15) is 0 Å². The Kier molecular flexibility index (Phi) is 15.2. The lowest BCUT2D eigenvalue weighted by Gasteiger charge is -2.47. The number of methoxy groups -OCH3 is 2. The molecule has 13 nitrogen and oxygen atoms in total. The van der Waals surface area contributed by atoms with E-state index in [9.17, 15) is 34.5 Å². The highest BCUT2D eigenvalue weighted by Crippen LogP contribution is 2.47. The number of carbonyl (C=O) groups is 4. The van der Waals surface area contributed by atoms with Gasteiger partial charge >= 0.3 is 5.97 Å². The number of piperidine rings is 1. The Morgan fingerprint density at radius 1 is 0.946 bits per heavy atom. The fourth-order valence-electron chi connectivity index (χ4n) is 10.3. The number of amides is 1. The number of carbonyl (C=O) groups excluding carboxylic acids is 4. The number of cyclic esters (lactones) is 1. The number of hydrogen-bond donors (Lipinski definition) is 4. The number of fused-ring (bicyclic) bond motifs is 5. The number of aliphatic hydroxyl groups is 3. The fourth-order valence-corrected chi connectivity index (χ4v) is 10.3. The second kappa shape index (κ2) is 19.0. The summed E-state index contributed by atoms with van der Waals surface area (Å²) in [4.78, 5) is 57.6. The standard InChI is InChI=1S/C43H68N2O11/c1-8-27-16-23(2)15-24(3)17-35(53-6)39-36(54-7)19-26(5)43(52,56-39)40(49)41(50)45-14-10-9-11-31(45)42(51)55-38(37(44)34(48)22-33(27)47)25(4)18-29-21-30-20-28(29)12-13-32(30)46/h16,18,23-24,26,28-32,34-39,46,48,52H,8-15,17,19-22,44H2,1-7H3/b25-18?,27-16+. The molecule has 15 atom stereocenters. The zero-order valence-electron chi connectivity index (χ0n) is 34.6. The van der Waals surface area contributed by atoms with Gasteiger partial charge in [0.05, 0.1) is 30.5 Å². The average Bonchev–Trinajstić information content (AvgIpc) is 3.51. The van der Waals surface area contributed by atoms with E-state index in [1.165, 1.54) is 19.1 Å². The van der Waals surface area contributed by atoms with Crippen LogP contribution in [0.4, 0.5) is 0 Å². The molecule has 5 aliphatic rings. The van der Waals surface area contributed by atoms with Crippen molar-refractivity contribution in [3.05, 3.63) is 23.3 Å². The van der Waals surface area contributed by atoms with Crippen molar-refractivity contribution < 1.29 is 53.4 Å². The van der Waals surface area contributed by atoms with E-state index in [0.717, 1.165) is 25.7 Å². The van der Waals surface area contributed by atoms with Crippen molar-refractivity contribution in [2.45, 2.75) is 166 Å². The first-order valence-corrected chi connectivity index (χ1v) is 21.1. The number of Topliss-reactive ketones (excluding diaryl/α,β-unsaturated/α-hetero) is 2. The summed E-state index contributed by atoms with van der Waals surface area (Å²) in [6.07, 6.45) is 5.30. The van der Waals surface area contributed by atoms with Crippen LogP contribution in [-0.2, 0) is 38.1 Å². The van der Waals surface area contributed by atoms with Crippen molar-refractivity contribution in [3.63, 3.8) is 0 Å². The molecule has 4 bridgehead atoms. The number of nitrogens with two attached hydrogens (primary N) is 1. The Labute approximate surface area is 332 Å². The highest BCUT2D eigenvalue weighted by molar-refractivity contribution is 6.39. The number of allylic oxidation sites excluding steroid dienone is 3. The van der Waals surface area contributed by atoms with Crippen LogP contribution in [0.5, 0.6) is 0 Å². The van der Waals surface area contributed by atoms with Crippen molar-refractivity contribution >= 4 is 23.4 Å². The molecule has 4 fully saturated rings. The predicted octanol–water partition coefficient (Wildman–Crippen LogP) is 3.79. The van der Waals surface area contributed by atoms with Gasteiger partial charge in [-0.3, -0.25) is 14.4 Å².